The van der Waals surface area contributed by atoms with Crippen LogP contribution in [0.25, 0.3) is 0 Å². The molecule has 0 aliphatic heterocycles. The van der Waals surface area contributed by atoms with Crippen LogP contribution in [0.1, 0.15) is 34.1 Å². The highest BCUT2D eigenvalue weighted by Crippen LogP contribution is 2.40. The van der Waals surface area contributed by atoms with E-state index < -0.39 is 0 Å². The molecule has 1 aliphatic carbocycles. The average Bonchev–Trinajstić information content (AvgIpc) is 2.22. The Hall–Kier alpha value is -0.610. The van der Waals surface area contributed by atoms with E-state index in [0.29, 0.717) is 6.54 Å². The summed E-state index contributed by atoms with van der Waals surface area (Å²) in [4.78, 5) is 13.5. The average molecular weight is 228 g/mol. The molecule has 0 bridgehead atoms. The second-order valence-electron chi connectivity index (χ2n) is 5.60. The lowest BCUT2D eigenvalue weighted by molar-refractivity contribution is -0.132. The Morgan fingerprint density at radius 1 is 1.56 bits per heavy atom. The predicted molar refractivity (Wildman–Crippen MR) is 64.1 cm³/mol. The van der Waals surface area contributed by atoms with E-state index in [1.165, 1.54) is 0 Å². The van der Waals surface area contributed by atoms with E-state index in [9.17, 15) is 9.90 Å². The molecular weight excluding hydrogens is 204 g/mol. The number of likely N-dealkylation sites (N-methyl/N-ethyl adjacent to an activating group) is 1. The standard InChI is InChI=1S/C12H24N2O2/c1-8(2)14(5)11(16)7-13-9-6-10(15)12(9,3)4/h8-10,13,15H,6-7H2,1-5H3. The van der Waals surface area contributed by atoms with Gasteiger partial charge >= 0.3 is 0 Å². The molecular formula is C12H24N2O2. The first kappa shape index (κ1) is 13.5. The summed E-state index contributed by atoms with van der Waals surface area (Å²) in [5.41, 5.74) is -0.114. The van der Waals surface area contributed by atoms with Crippen molar-refractivity contribution in [1.82, 2.24) is 10.2 Å². The molecule has 1 saturated carbocycles. The summed E-state index contributed by atoms with van der Waals surface area (Å²) in [6.07, 6.45) is 0.494. The minimum atomic E-state index is -0.247. The molecule has 0 heterocycles. The highest BCUT2D eigenvalue weighted by Gasteiger charge is 2.47. The molecule has 0 spiro atoms. The third-order valence-electron chi connectivity index (χ3n) is 3.88. The quantitative estimate of drug-likeness (QED) is 0.741. The Labute approximate surface area is 98.0 Å². The van der Waals surface area contributed by atoms with Crippen LogP contribution in [0.5, 0.6) is 0 Å². The van der Waals surface area contributed by atoms with Crippen LogP contribution in [0.15, 0.2) is 0 Å². The summed E-state index contributed by atoms with van der Waals surface area (Å²) in [5, 5.41) is 12.8. The highest BCUT2D eigenvalue weighted by atomic mass is 16.3. The van der Waals surface area contributed by atoms with Gasteiger partial charge in [-0.1, -0.05) is 13.8 Å². The fourth-order valence-electron chi connectivity index (χ4n) is 1.87. The molecule has 0 saturated heterocycles. The van der Waals surface area contributed by atoms with Gasteiger partial charge in [-0.2, -0.15) is 0 Å². The van der Waals surface area contributed by atoms with E-state index in [2.05, 4.69) is 5.32 Å². The minimum absolute atomic E-state index is 0.104. The summed E-state index contributed by atoms with van der Waals surface area (Å²) >= 11 is 0. The number of aliphatic hydroxyl groups is 1. The van der Waals surface area contributed by atoms with Gasteiger partial charge in [0.05, 0.1) is 12.6 Å². The zero-order valence-corrected chi connectivity index (χ0v) is 10.9. The minimum Gasteiger partial charge on any atom is -0.392 e. The van der Waals surface area contributed by atoms with Gasteiger partial charge in [-0.3, -0.25) is 4.79 Å². The zero-order valence-electron chi connectivity index (χ0n) is 10.9. The van der Waals surface area contributed by atoms with Crippen molar-refractivity contribution in [2.24, 2.45) is 5.41 Å². The molecule has 1 amide bonds. The first-order chi connectivity index (χ1) is 7.26. The molecule has 0 aromatic heterocycles. The van der Waals surface area contributed by atoms with E-state index >= 15 is 0 Å². The van der Waals surface area contributed by atoms with Gasteiger partial charge in [0.25, 0.3) is 0 Å². The van der Waals surface area contributed by atoms with Gasteiger partial charge in [0.1, 0.15) is 0 Å². The Bertz CT molecular complexity index is 264. The molecule has 1 rings (SSSR count). The maximum Gasteiger partial charge on any atom is 0.236 e. The molecule has 0 aromatic carbocycles. The maximum absolute atomic E-state index is 11.7. The smallest absolute Gasteiger partial charge is 0.236 e. The van der Waals surface area contributed by atoms with Crippen molar-refractivity contribution >= 4 is 5.91 Å². The predicted octanol–water partition coefficient (Wildman–Crippen LogP) is 0.602. The van der Waals surface area contributed by atoms with Gasteiger partial charge < -0.3 is 15.3 Å². The summed E-state index contributed by atoms with van der Waals surface area (Å²) in [5.74, 6) is 0.104. The Morgan fingerprint density at radius 3 is 2.50 bits per heavy atom. The van der Waals surface area contributed by atoms with Crippen molar-refractivity contribution in [2.75, 3.05) is 13.6 Å². The molecule has 4 heteroatoms. The summed E-state index contributed by atoms with van der Waals surface area (Å²) in [6, 6.07) is 0.473. The second-order valence-corrected chi connectivity index (χ2v) is 5.60. The molecule has 94 valence electrons. The topological polar surface area (TPSA) is 52.6 Å². The van der Waals surface area contributed by atoms with E-state index in [1.807, 2.05) is 34.7 Å². The molecule has 16 heavy (non-hydrogen) atoms. The van der Waals surface area contributed by atoms with Crippen LogP contribution in [0.3, 0.4) is 0 Å². The van der Waals surface area contributed by atoms with Crippen LogP contribution >= 0.6 is 0 Å². The van der Waals surface area contributed by atoms with Crippen molar-refractivity contribution < 1.29 is 9.90 Å². The van der Waals surface area contributed by atoms with Gasteiger partial charge in [0.15, 0.2) is 0 Å². The monoisotopic (exact) mass is 228 g/mol. The molecule has 1 aliphatic rings. The van der Waals surface area contributed by atoms with Gasteiger partial charge in [-0.05, 0) is 20.3 Å². The van der Waals surface area contributed by atoms with E-state index in [-0.39, 0.29) is 29.5 Å². The van der Waals surface area contributed by atoms with Gasteiger partial charge in [-0.15, -0.1) is 0 Å². The van der Waals surface area contributed by atoms with Gasteiger partial charge in [-0.25, -0.2) is 0 Å². The van der Waals surface area contributed by atoms with Gasteiger partial charge in [0, 0.05) is 24.5 Å². The Balaban J connectivity index is 2.34. The van der Waals surface area contributed by atoms with Crippen molar-refractivity contribution in [1.29, 1.82) is 0 Å². The molecule has 0 radical (unpaired) electrons. The van der Waals surface area contributed by atoms with Crippen LogP contribution in [0.2, 0.25) is 0 Å². The normalized spacial score (nSPS) is 27.7. The Morgan fingerprint density at radius 2 is 2.12 bits per heavy atom. The molecule has 4 nitrogen and oxygen atoms in total. The SMILES string of the molecule is CC(C)N(C)C(=O)CNC1CC(O)C1(C)C. The van der Waals surface area contributed by atoms with E-state index in [4.69, 9.17) is 0 Å². The van der Waals surface area contributed by atoms with Crippen molar-refractivity contribution in [2.45, 2.75) is 52.3 Å². The number of hydrogen-bond acceptors (Lipinski definition) is 3. The molecule has 2 N–H and O–H groups in total. The Kier molecular flexibility index (Phi) is 3.97. The first-order valence-electron chi connectivity index (χ1n) is 5.94. The third kappa shape index (κ3) is 2.55. The van der Waals surface area contributed by atoms with Crippen LogP contribution < -0.4 is 5.32 Å². The van der Waals surface area contributed by atoms with Gasteiger partial charge in [0.2, 0.25) is 5.91 Å². The molecule has 2 unspecified atom stereocenters. The van der Waals surface area contributed by atoms with Crippen molar-refractivity contribution in [3.63, 3.8) is 0 Å². The fourth-order valence-corrected chi connectivity index (χ4v) is 1.87. The number of nitrogens with one attached hydrogen (secondary N) is 1. The number of nitrogens with zero attached hydrogens (tertiary/aromatic N) is 1. The van der Waals surface area contributed by atoms with Crippen molar-refractivity contribution in [3.05, 3.63) is 0 Å². The fraction of sp³-hybridized carbons (Fsp3) is 0.917. The summed E-state index contributed by atoms with van der Waals surface area (Å²) in [7, 11) is 1.81. The second kappa shape index (κ2) is 4.72. The third-order valence-corrected chi connectivity index (χ3v) is 3.88. The molecule has 1 fully saturated rings. The van der Waals surface area contributed by atoms with Crippen LogP contribution in [-0.4, -0.2) is 47.7 Å². The van der Waals surface area contributed by atoms with E-state index in [0.717, 1.165) is 6.42 Å². The maximum atomic E-state index is 11.7. The van der Waals surface area contributed by atoms with Crippen molar-refractivity contribution in [3.8, 4) is 0 Å². The number of amides is 1. The summed E-state index contributed by atoms with van der Waals surface area (Å²) in [6.45, 7) is 8.39. The van der Waals surface area contributed by atoms with Crippen LogP contribution in [0, 0.1) is 5.41 Å². The molecule has 0 aromatic rings. The number of carbonyl (C=O) groups is 1. The number of carbonyl (C=O) groups excluding carboxylic acids is 1. The lowest BCUT2D eigenvalue weighted by Gasteiger charge is -2.49. The lowest BCUT2D eigenvalue weighted by atomic mass is 9.64. The van der Waals surface area contributed by atoms with Crippen LogP contribution in [0.4, 0.5) is 0 Å². The number of rotatable bonds is 4. The van der Waals surface area contributed by atoms with E-state index in [1.54, 1.807) is 4.90 Å². The van der Waals surface area contributed by atoms with Crippen LogP contribution in [-0.2, 0) is 4.79 Å². The number of hydrogen-bond donors (Lipinski definition) is 2. The zero-order chi connectivity index (χ0) is 12.5. The molecule has 2 atom stereocenters. The summed E-state index contributed by atoms with van der Waals surface area (Å²) < 4.78 is 0. The number of aliphatic hydroxyl groups excluding tert-OH is 1. The highest BCUT2D eigenvalue weighted by molar-refractivity contribution is 5.78. The first-order valence-corrected chi connectivity index (χ1v) is 5.94. The largest absolute Gasteiger partial charge is 0.392 e. The lowest BCUT2D eigenvalue weighted by Crippen LogP contribution is -2.61.